The lowest BCUT2D eigenvalue weighted by Crippen LogP contribution is -2.28. The highest BCUT2D eigenvalue weighted by molar-refractivity contribution is 14.1. The molecular formula is C14H13IN2. The van der Waals surface area contributed by atoms with Crippen molar-refractivity contribution >= 4 is 22.9 Å². The number of halogens is 1. The molecule has 2 aromatic rings. The van der Waals surface area contributed by atoms with E-state index >= 15 is 0 Å². The molecule has 0 fully saturated rings. The van der Waals surface area contributed by atoms with E-state index in [1.54, 1.807) is 0 Å². The van der Waals surface area contributed by atoms with E-state index in [1.807, 2.05) is 12.4 Å². The van der Waals surface area contributed by atoms with Gasteiger partial charge in [-0.1, -0.05) is 24.3 Å². The van der Waals surface area contributed by atoms with Gasteiger partial charge in [0.1, 0.15) is 0 Å². The Morgan fingerprint density at radius 1 is 1.12 bits per heavy atom. The maximum absolute atomic E-state index is 4.10. The summed E-state index contributed by atoms with van der Waals surface area (Å²) in [5, 5.41) is 0. The van der Waals surface area contributed by atoms with Crippen LogP contribution in [0.1, 0.15) is 22.7 Å². The molecule has 1 unspecified atom stereocenters. The second-order valence-corrected chi connectivity index (χ2v) is 5.49. The van der Waals surface area contributed by atoms with Gasteiger partial charge in [0.2, 0.25) is 0 Å². The van der Waals surface area contributed by atoms with Crippen LogP contribution in [0.5, 0.6) is 0 Å². The molecule has 1 aromatic carbocycles. The fraction of sp³-hybridized carbons (Fsp3) is 0.214. The van der Waals surface area contributed by atoms with Gasteiger partial charge < -0.3 is 0 Å². The van der Waals surface area contributed by atoms with Crippen LogP contribution < -0.4 is 0 Å². The van der Waals surface area contributed by atoms with Crippen LogP contribution in [-0.2, 0) is 6.42 Å². The summed E-state index contributed by atoms with van der Waals surface area (Å²) in [6.07, 6.45) is 4.88. The van der Waals surface area contributed by atoms with E-state index in [0.29, 0.717) is 6.04 Å². The first-order valence-electron chi connectivity index (χ1n) is 5.76. The van der Waals surface area contributed by atoms with Crippen molar-refractivity contribution in [2.24, 2.45) is 0 Å². The van der Waals surface area contributed by atoms with Crippen LogP contribution in [0.25, 0.3) is 0 Å². The minimum absolute atomic E-state index is 0.364. The van der Waals surface area contributed by atoms with Crippen LogP contribution >= 0.6 is 22.9 Å². The van der Waals surface area contributed by atoms with Gasteiger partial charge in [0.05, 0.1) is 6.04 Å². The molecule has 2 heterocycles. The van der Waals surface area contributed by atoms with Crippen LogP contribution in [0.15, 0.2) is 48.8 Å². The largest absolute Gasteiger partial charge is 0.265 e. The van der Waals surface area contributed by atoms with Gasteiger partial charge in [0, 0.05) is 41.8 Å². The average molecular weight is 336 g/mol. The number of hydrogen-bond acceptors (Lipinski definition) is 2. The minimum Gasteiger partial charge on any atom is -0.265 e. The van der Waals surface area contributed by atoms with Crippen molar-refractivity contribution in [1.82, 2.24) is 8.10 Å². The second kappa shape index (κ2) is 4.74. The van der Waals surface area contributed by atoms with Crippen molar-refractivity contribution in [2.75, 3.05) is 6.54 Å². The highest BCUT2D eigenvalue weighted by Crippen LogP contribution is 2.36. The zero-order valence-electron chi connectivity index (χ0n) is 9.38. The van der Waals surface area contributed by atoms with E-state index in [-0.39, 0.29) is 0 Å². The third-order valence-electron chi connectivity index (χ3n) is 3.25. The van der Waals surface area contributed by atoms with Gasteiger partial charge in [0.15, 0.2) is 0 Å². The lowest BCUT2D eigenvalue weighted by molar-refractivity contribution is 0.417. The van der Waals surface area contributed by atoms with E-state index in [0.717, 1.165) is 13.0 Å². The molecule has 0 aliphatic carbocycles. The molecule has 2 nitrogen and oxygen atoms in total. The SMILES string of the molecule is IN1CCc2ccccc2C1c1ccncc1. The Hall–Kier alpha value is -0.940. The summed E-state index contributed by atoms with van der Waals surface area (Å²) in [6.45, 7) is 1.10. The van der Waals surface area contributed by atoms with Gasteiger partial charge in [-0.25, -0.2) is 3.11 Å². The third kappa shape index (κ3) is 2.09. The zero-order valence-corrected chi connectivity index (χ0v) is 11.5. The van der Waals surface area contributed by atoms with Crippen LogP contribution in [-0.4, -0.2) is 14.6 Å². The molecule has 1 aromatic heterocycles. The van der Waals surface area contributed by atoms with Gasteiger partial charge in [-0.3, -0.25) is 4.98 Å². The smallest absolute Gasteiger partial charge is 0.0697 e. The van der Waals surface area contributed by atoms with E-state index in [1.165, 1.54) is 16.7 Å². The molecule has 0 N–H and O–H groups in total. The summed E-state index contributed by atoms with van der Waals surface area (Å²) in [5.74, 6) is 0. The van der Waals surface area contributed by atoms with Gasteiger partial charge >= 0.3 is 0 Å². The number of pyridine rings is 1. The summed E-state index contributed by atoms with van der Waals surface area (Å²) < 4.78 is 2.38. The molecule has 1 aliphatic heterocycles. The van der Waals surface area contributed by atoms with Crippen molar-refractivity contribution in [3.05, 3.63) is 65.5 Å². The topological polar surface area (TPSA) is 16.1 Å². The Balaban J connectivity index is 2.10. The maximum atomic E-state index is 4.10. The Labute approximate surface area is 115 Å². The summed E-state index contributed by atoms with van der Waals surface area (Å²) in [6, 6.07) is 13.3. The van der Waals surface area contributed by atoms with E-state index in [9.17, 15) is 0 Å². The van der Waals surface area contributed by atoms with Gasteiger partial charge in [0.25, 0.3) is 0 Å². The normalized spacial score (nSPS) is 19.9. The van der Waals surface area contributed by atoms with Crippen LogP contribution in [0.4, 0.5) is 0 Å². The van der Waals surface area contributed by atoms with E-state index in [4.69, 9.17) is 0 Å². The molecule has 17 heavy (non-hydrogen) atoms. The molecule has 3 heteroatoms. The van der Waals surface area contributed by atoms with Crippen molar-refractivity contribution in [1.29, 1.82) is 0 Å². The van der Waals surface area contributed by atoms with E-state index < -0.39 is 0 Å². The molecule has 0 spiro atoms. The quantitative estimate of drug-likeness (QED) is 0.586. The van der Waals surface area contributed by atoms with Crippen molar-refractivity contribution in [3.63, 3.8) is 0 Å². The monoisotopic (exact) mass is 336 g/mol. The summed E-state index contributed by atoms with van der Waals surface area (Å²) in [7, 11) is 0. The number of benzene rings is 1. The fourth-order valence-electron chi connectivity index (χ4n) is 2.42. The number of rotatable bonds is 1. The van der Waals surface area contributed by atoms with Crippen molar-refractivity contribution < 1.29 is 0 Å². The molecule has 3 rings (SSSR count). The predicted molar refractivity (Wildman–Crippen MR) is 77.0 cm³/mol. The van der Waals surface area contributed by atoms with Gasteiger partial charge in [-0.05, 0) is 35.2 Å². The molecule has 86 valence electrons. The standard InChI is InChI=1S/C14H13IN2/c15-17-10-7-11-3-1-2-4-13(11)14(17)12-5-8-16-9-6-12/h1-6,8-9,14H,7,10H2. The number of fused-ring (bicyclic) bond motifs is 1. The fourth-order valence-corrected chi connectivity index (χ4v) is 3.29. The molecule has 0 saturated carbocycles. The van der Waals surface area contributed by atoms with Crippen molar-refractivity contribution in [2.45, 2.75) is 12.5 Å². The summed E-state index contributed by atoms with van der Waals surface area (Å²) >= 11 is 2.43. The second-order valence-electron chi connectivity index (χ2n) is 4.26. The van der Waals surface area contributed by atoms with Crippen LogP contribution in [0, 0.1) is 0 Å². The first-order valence-corrected chi connectivity index (χ1v) is 6.73. The summed E-state index contributed by atoms with van der Waals surface area (Å²) in [4.78, 5) is 4.10. The van der Waals surface area contributed by atoms with Gasteiger partial charge in [-0.15, -0.1) is 0 Å². The Morgan fingerprint density at radius 2 is 1.88 bits per heavy atom. The lowest BCUT2D eigenvalue weighted by atomic mass is 9.90. The van der Waals surface area contributed by atoms with E-state index in [2.05, 4.69) is 67.4 Å². The van der Waals surface area contributed by atoms with Crippen LogP contribution in [0.2, 0.25) is 0 Å². The molecule has 0 saturated heterocycles. The molecule has 0 radical (unpaired) electrons. The zero-order chi connectivity index (χ0) is 11.7. The third-order valence-corrected chi connectivity index (χ3v) is 4.29. The number of nitrogens with zero attached hydrogens (tertiary/aromatic N) is 2. The molecular weight excluding hydrogens is 323 g/mol. The van der Waals surface area contributed by atoms with Crippen LogP contribution in [0.3, 0.4) is 0 Å². The number of hydrogen-bond donors (Lipinski definition) is 0. The first kappa shape index (κ1) is 11.2. The Morgan fingerprint density at radius 3 is 2.71 bits per heavy atom. The Bertz CT molecular complexity index is 513. The summed E-state index contributed by atoms with van der Waals surface area (Å²) in [5.41, 5.74) is 4.23. The minimum atomic E-state index is 0.364. The predicted octanol–water partition coefficient (Wildman–Crippen LogP) is 3.38. The molecule has 0 amide bonds. The molecule has 0 bridgehead atoms. The molecule has 1 atom stereocenters. The maximum Gasteiger partial charge on any atom is 0.0697 e. The number of aromatic nitrogens is 1. The Kier molecular flexibility index (Phi) is 3.11. The van der Waals surface area contributed by atoms with Crippen molar-refractivity contribution in [3.8, 4) is 0 Å². The lowest BCUT2D eigenvalue weighted by Gasteiger charge is -2.33. The highest BCUT2D eigenvalue weighted by Gasteiger charge is 2.26. The highest BCUT2D eigenvalue weighted by atomic mass is 127. The average Bonchev–Trinajstić information content (AvgIpc) is 2.39. The molecule has 1 aliphatic rings. The van der Waals surface area contributed by atoms with Gasteiger partial charge in [-0.2, -0.15) is 0 Å². The first-order chi connectivity index (χ1) is 8.36.